The molecule has 6 nitrogen and oxygen atoms in total. The smallest absolute Gasteiger partial charge is 0.344 e. The van der Waals surface area contributed by atoms with Crippen LogP contribution in [-0.4, -0.2) is 31.7 Å². The molecule has 1 atom stereocenters. The Morgan fingerprint density at radius 3 is 2.37 bits per heavy atom. The normalized spacial score (nSPS) is 11.4. The summed E-state index contributed by atoms with van der Waals surface area (Å²) in [5.74, 6) is 0.123. The Kier molecular flexibility index (Phi) is 6.82. The van der Waals surface area contributed by atoms with E-state index in [0.29, 0.717) is 17.2 Å². The number of hydrogen-bond acceptors (Lipinski definition) is 5. The molecule has 0 aliphatic carbocycles. The monoisotopic (exact) mass is 371 g/mol. The third kappa shape index (κ3) is 5.48. The van der Waals surface area contributed by atoms with E-state index < -0.39 is 18.0 Å². The number of para-hydroxylation sites is 1. The van der Waals surface area contributed by atoms with Crippen molar-refractivity contribution < 1.29 is 23.8 Å². The topological polar surface area (TPSA) is 73.9 Å². The summed E-state index contributed by atoms with van der Waals surface area (Å²) in [7, 11) is 1.52. The summed E-state index contributed by atoms with van der Waals surface area (Å²) in [6.45, 7) is 6.95. The van der Waals surface area contributed by atoms with Crippen molar-refractivity contribution in [1.29, 1.82) is 0 Å². The lowest BCUT2D eigenvalue weighted by atomic mass is 10.1. The van der Waals surface area contributed by atoms with Crippen LogP contribution in [0, 0.1) is 20.8 Å². The van der Waals surface area contributed by atoms with E-state index in [2.05, 4.69) is 5.32 Å². The minimum atomic E-state index is -0.968. The molecule has 0 fully saturated rings. The van der Waals surface area contributed by atoms with Crippen LogP contribution < -0.4 is 14.8 Å². The molecular formula is C21H25NO5. The Labute approximate surface area is 159 Å². The van der Waals surface area contributed by atoms with Crippen LogP contribution in [0.2, 0.25) is 0 Å². The first-order valence-corrected chi connectivity index (χ1v) is 8.65. The average Bonchev–Trinajstić information content (AvgIpc) is 2.61. The fraction of sp³-hybridized carbons (Fsp3) is 0.333. The van der Waals surface area contributed by atoms with Gasteiger partial charge in [-0.05, 0) is 56.5 Å². The number of anilines is 1. The third-order valence-electron chi connectivity index (χ3n) is 4.03. The van der Waals surface area contributed by atoms with Gasteiger partial charge in [-0.1, -0.05) is 24.3 Å². The summed E-state index contributed by atoms with van der Waals surface area (Å²) >= 11 is 0. The third-order valence-corrected chi connectivity index (χ3v) is 4.03. The Morgan fingerprint density at radius 2 is 1.74 bits per heavy atom. The molecule has 6 heteroatoms. The number of methoxy groups -OCH3 is 1. The first-order valence-electron chi connectivity index (χ1n) is 8.65. The minimum absolute atomic E-state index is 0.267. The predicted octanol–water partition coefficient (Wildman–Crippen LogP) is 3.57. The predicted molar refractivity (Wildman–Crippen MR) is 103 cm³/mol. The molecular weight excluding hydrogens is 346 g/mol. The Morgan fingerprint density at radius 1 is 1.07 bits per heavy atom. The molecule has 0 spiro atoms. The number of nitrogens with one attached hydrogen (secondary N) is 1. The van der Waals surface area contributed by atoms with Crippen molar-refractivity contribution in [3.05, 3.63) is 53.1 Å². The van der Waals surface area contributed by atoms with Gasteiger partial charge in [-0.15, -0.1) is 0 Å². The zero-order valence-electron chi connectivity index (χ0n) is 16.3. The van der Waals surface area contributed by atoms with E-state index in [4.69, 9.17) is 14.2 Å². The van der Waals surface area contributed by atoms with Crippen LogP contribution >= 0.6 is 0 Å². The fourth-order valence-corrected chi connectivity index (χ4v) is 2.60. The number of rotatable bonds is 7. The summed E-state index contributed by atoms with van der Waals surface area (Å²) in [5.41, 5.74) is 3.36. The molecule has 0 aliphatic heterocycles. The van der Waals surface area contributed by atoms with Gasteiger partial charge < -0.3 is 19.5 Å². The van der Waals surface area contributed by atoms with E-state index in [1.807, 2.05) is 45.0 Å². The van der Waals surface area contributed by atoms with Crippen LogP contribution in [0.5, 0.6) is 11.5 Å². The van der Waals surface area contributed by atoms with Crippen molar-refractivity contribution in [2.24, 2.45) is 0 Å². The van der Waals surface area contributed by atoms with Crippen LogP contribution in [0.15, 0.2) is 36.4 Å². The molecule has 0 aliphatic rings. The van der Waals surface area contributed by atoms with Gasteiger partial charge in [0.1, 0.15) is 11.5 Å². The molecule has 27 heavy (non-hydrogen) atoms. The maximum atomic E-state index is 12.3. The molecule has 0 unspecified atom stereocenters. The van der Waals surface area contributed by atoms with E-state index in [1.165, 1.54) is 14.0 Å². The van der Waals surface area contributed by atoms with Crippen molar-refractivity contribution in [2.45, 2.75) is 33.8 Å². The molecule has 1 amide bonds. The molecule has 2 aromatic rings. The second-order valence-corrected chi connectivity index (χ2v) is 6.33. The van der Waals surface area contributed by atoms with Gasteiger partial charge in [0, 0.05) is 0 Å². The van der Waals surface area contributed by atoms with Crippen molar-refractivity contribution in [2.75, 3.05) is 19.0 Å². The van der Waals surface area contributed by atoms with Crippen molar-refractivity contribution in [1.82, 2.24) is 0 Å². The molecule has 0 heterocycles. The lowest BCUT2D eigenvalue weighted by Crippen LogP contribution is -2.31. The molecule has 0 aromatic heterocycles. The highest BCUT2D eigenvalue weighted by molar-refractivity contribution is 5.96. The molecule has 1 N–H and O–H groups in total. The van der Waals surface area contributed by atoms with Crippen molar-refractivity contribution in [3.63, 3.8) is 0 Å². The standard InChI is InChI=1S/C21H25NO5/c1-13-9-10-18(25-5)17(11-13)22-21(24)16(4)27-19(23)12-26-20-14(2)7-6-8-15(20)3/h6-11,16H,12H2,1-5H3,(H,22,24)/t16-/m1/s1. The summed E-state index contributed by atoms with van der Waals surface area (Å²) < 4.78 is 16.0. The number of carbonyl (C=O) groups excluding carboxylic acids is 2. The van der Waals surface area contributed by atoms with Gasteiger partial charge in [0.15, 0.2) is 12.7 Å². The van der Waals surface area contributed by atoms with E-state index in [9.17, 15) is 9.59 Å². The van der Waals surface area contributed by atoms with Gasteiger partial charge >= 0.3 is 5.97 Å². The molecule has 2 rings (SSSR count). The van der Waals surface area contributed by atoms with Gasteiger partial charge in [0.25, 0.3) is 5.91 Å². The highest BCUT2D eigenvalue weighted by atomic mass is 16.6. The second-order valence-electron chi connectivity index (χ2n) is 6.33. The molecule has 0 saturated carbocycles. The SMILES string of the molecule is COc1ccc(C)cc1NC(=O)[C@@H](C)OC(=O)COc1c(C)cccc1C. The lowest BCUT2D eigenvalue weighted by molar-refractivity contribution is -0.155. The molecule has 0 saturated heterocycles. The zero-order valence-corrected chi connectivity index (χ0v) is 16.3. The Bertz CT molecular complexity index is 811. The molecule has 2 aromatic carbocycles. The first kappa shape index (κ1) is 20.3. The Balaban J connectivity index is 1.92. The summed E-state index contributed by atoms with van der Waals surface area (Å²) in [6, 6.07) is 11.2. The number of carbonyl (C=O) groups is 2. The number of ether oxygens (including phenoxy) is 3. The van der Waals surface area contributed by atoms with Crippen LogP contribution in [-0.2, 0) is 14.3 Å². The van der Waals surface area contributed by atoms with Crippen LogP contribution in [0.1, 0.15) is 23.6 Å². The highest BCUT2D eigenvalue weighted by Gasteiger charge is 2.20. The number of amides is 1. The van der Waals surface area contributed by atoms with Crippen LogP contribution in [0.4, 0.5) is 5.69 Å². The zero-order chi connectivity index (χ0) is 20.0. The van der Waals surface area contributed by atoms with E-state index in [-0.39, 0.29) is 6.61 Å². The highest BCUT2D eigenvalue weighted by Crippen LogP contribution is 2.25. The molecule has 0 radical (unpaired) electrons. The second kappa shape index (κ2) is 9.07. The van der Waals surface area contributed by atoms with E-state index in [0.717, 1.165) is 16.7 Å². The summed E-state index contributed by atoms with van der Waals surface area (Å²) in [4.78, 5) is 24.4. The lowest BCUT2D eigenvalue weighted by Gasteiger charge is -2.16. The van der Waals surface area contributed by atoms with Gasteiger partial charge in [0.2, 0.25) is 0 Å². The van der Waals surface area contributed by atoms with E-state index in [1.54, 1.807) is 12.1 Å². The first-order chi connectivity index (χ1) is 12.8. The van der Waals surface area contributed by atoms with Crippen molar-refractivity contribution >= 4 is 17.6 Å². The maximum absolute atomic E-state index is 12.3. The number of aryl methyl sites for hydroxylation is 3. The van der Waals surface area contributed by atoms with Gasteiger partial charge in [-0.3, -0.25) is 4.79 Å². The molecule has 144 valence electrons. The maximum Gasteiger partial charge on any atom is 0.344 e. The number of hydrogen-bond donors (Lipinski definition) is 1. The molecule has 0 bridgehead atoms. The van der Waals surface area contributed by atoms with Gasteiger partial charge in [-0.25, -0.2) is 4.79 Å². The average molecular weight is 371 g/mol. The minimum Gasteiger partial charge on any atom is -0.495 e. The number of benzene rings is 2. The fourth-order valence-electron chi connectivity index (χ4n) is 2.60. The largest absolute Gasteiger partial charge is 0.495 e. The summed E-state index contributed by atoms with van der Waals surface area (Å²) in [6.07, 6.45) is -0.968. The van der Waals surface area contributed by atoms with Crippen LogP contribution in [0.3, 0.4) is 0 Å². The Hall–Kier alpha value is -3.02. The van der Waals surface area contributed by atoms with Gasteiger partial charge in [-0.2, -0.15) is 0 Å². The quantitative estimate of drug-likeness (QED) is 0.753. The number of esters is 1. The van der Waals surface area contributed by atoms with E-state index >= 15 is 0 Å². The van der Waals surface area contributed by atoms with Crippen LogP contribution in [0.25, 0.3) is 0 Å². The van der Waals surface area contributed by atoms with Crippen molar-refractivity contribution in [3.8, 4) is 11.5 Å². The van der Waals surface area contributed by atoms with Gasteiger partial charge in [0.05, 0.1) is 12.8 Å². The summed E-state index contributed by atoms with van der Waals surface area (Å²) in [5, 5.41) is 2.72.